The number of ether oxygens (including phenoxy) is 1. The maximum Gasteiger partial charge on any atom is 0.329 e. The van der Waals surface area contributed by atoms with Gasteiger partial charge in [0.15, 0.2) is 0 Å². The Morgan fingerprint density at radius 2 is 1.87 bits per heavy atom. The number of aliphatic carboxylic acids is 1. The van der Waals surface area contributed by atoms with Gasteiger partial charge in [-0.1, -0.05) is 43.4 Å². The van der Waals surface area contributed by atoms with Gasteiger partial charge in [0.25, 0.3) is 0 Å². The molecule has 23 heavy (non-hydrogen) atoms. The molecule has 0 bridgehead atoms. The second-order valence-corrected chi connectivity index (χ2v) is 6.34. The molecular weight excluding hydrogens is 294 g/mol. The number of amides is 1. The van der Waals surface area contributed by atoms with Crippen LogP contribution >= 0.6 is 0 Å². The van der Waals surface area contributed by atoms with E-state index in [2.05, 4.69) is 5.32 Å². The Hall–Kier alpha value is -2.04. The van der Waals surface area contributed by atoms with Gasteiger partial charge in [0.1, 0.15) is 11.3 Å². The summed E-state index contributed by atoms with van der Waals surface area (Å²) < 4.78 is 5.29. The van der Waals surface area contributed by atoms with Crippen LogP contribution in [0.3, 0.4) is 0 Å². The third kappa shape index (κ3) is 4.24. The minimum absolute atomic E-state index is 0.125. The second kappa shape index (κ2) is 7.49. The largest absolute Gasteiger partial charge is 0.496 e. The molecule has 0 aromatic heterocycles. The van der Waals surface area contributed by atoms with Gasteiger partial charge in [-0.15, -0.1) is 0 Å². The molecule has 0 aliphatic heterocycles. The quantitative estimate of drug-likeness (QED) is 0.818. The van der Waals surface area contributed by atoms with Crippen molar-refractivity contribution in [3.05, 3.63) is 29.3 Å². The molecule has 1 amide bonds. The Balaban J connectivity index is 2.13. The highest BCUT2D eigenvalue weighted by Gasteiger charge is 2.39. The average molecular weight is 319 g/mol. The van der Waals surface area contributed by atoms with E-state index in [9.17, 15) is 14.7 Å². The summed E-state index contributed by atoms with van der Waals surface area (Å²) in [4.78, 5) is 24.2. The number of carbonyl (C=O) groups is 2. The number of hydrogen-bond acceptors (Lipinski definition) is 3. The van der Waals surface area contributed by atoms with Gasteiger partial charge in [0.2, 0.25) is 5.91 Å². The standard InChI is InChI=1S/C18H25NO4/c1-13-7-8-15(23-2)14(11-13)12-16(20)19-18(17(21)22)9-5-3-4-6-10-18/h7-8,11H,3-6,9-10,12H2,1-2H3,(H,19,20)(H,21,22). The van der Waals surface area contributed by atoms with Crippen LogP contribution in [0.25, 0.3) is 0 Å². The molecule has 0 radical (unpaired) electrons. The highest BCUT2D eigenvalue weighted by Crippen LogP contribution is 2.28. The predicted molar refractivity (Wildman–Crippen MR) is 87.6 cm³/mol. The van der Waals surface area contributed by atoms with Crippen molar-refractivity contribution < 1.29 is 19.4 Å². The van der Waals surface area contributed by atoms with Crippen LogP contribution in [-0.2, 0) is 16.0 Å². The summed E-state index contributed by atoms with van der Waals surface area (Å²) in [6.07, 6.45) is 4.84. The number of carboxylic acids is 1. The summed E-state index contributed by atoms with van der Waals surface area (Å²) >= 11 is 0. The van der Waals surface area contributed by atoms with E-state index in [0.29, 0.717) is 18.6 Å². The normalized spacial score (nSPS) is 17.1. The van der Waals surface area contributed by atoms with Crippen LogP contribution in [0.1, 0.15) is 49.7 Å². The van der Waals surface area contributed by atoms with Crippen molar-refractivity contribution in [2.75, 3.05) is 7.11 Å². The maximum atomic E-state index is 12.5. The number of rotatable bonds is 5. The van der Waals surface area contributed by atoms with Crippen molar-refractivity contribution in [1.29, 1.82) is 0 Å². The van der Waals surface area contributed by atoms with Crippen molar-refractivity contribution in [3.8, 4) is 5.75 Å². The van der Waals surface area contributed by atoms with E-state index >= 15 is 0 Å². The van der Waals surface area contributed by atoms with Crippen molar-refractivity contribution in [2.45, 2.75) is 57.4 Å². The molecule has 1 saturated carbocycles. The molecule has 1 aliphatic carbocycles. The first kappa shape index (κ1) is 17.3. The molecule has 5 nitrogen and oxygen atoms in total. The molecule has 2 rings (SSSR count). The van der Waals surface area contributed by atoms with Crippen LogP contribution in [-0.4, -0.2) is 29.6 Å². The van der Waals surface area contributed by atoms with Crippen LogP contribution in [0.15, 0.2) is 18.2 Å². The highest BCUT2D eigenvalue weighted by molar-refractivity contribution is 5.88. The van der Waals surface area contributed by atoms with Gasteiger partial charge in [-0.2, -0.15) is 0 Å². The van der Waals surface area contributed by atoms with Crippen molar-refractivity contribution in [1.82, 2.24) is 5.32 Å². The van der Waals surface area contributed by atoms with Crippen LogP contribution in [0, 0.1) is 6.92 Å². The number of benzene rings is 1. The van der Waals surface area contributed by atoms with Gasteiger partial charge in [-0.25, -0.2) is 4.79 Å². The van der Waals surface area contributed by atoms with Gasteiger partial charge in [-0.3, -0.25) is 4.79 Å². The molecular formula is C18H25NO4. The molecule has 1 aromatic carbocycles. The lowest BCUT2D eigenvalue weighted by molar-refractivity contribution is -0.148. The summed E-state index contributed by atoms with van der Waals surface area (Å²) in [5.41, 5.74) is 0.695. The van der Waals surface area contributed by atoms with Gasteiger partial charge < -0.3 is 15.2 Å². The molecule has 5 heteroatoms. The van der Waals surface area contributed by atoms with Gasteiger partial charge >= 0.3 is 5.97 Å². The molecule has 0 spiro atoms. The van der Waals surface area contributed by atoms with Crippen LogP contribution in [0.5, 0.6) is 5.75 Å². The summed E-state index contributed by atoms with van der Waals surface area (Å²) in [6, 6.07) is 5.65. The van der Waals surface area contributed by atoms with E-state index in [1.807, 2.05) is 25.1 Å². The number of carboxylic acid groups (broad SMARTS) is 1. The molecule has 1 aromatic rings. The summed E-state index contributed by atoms with van der Waals surface area (Å²) in [5.74, 6) is -0.543. The van der Waals surface area contributed by atoms with Gasteiger partial charge in [0.05, 0.1) is 13.5 Å². The first-order valence-corrected chi connectivity index (χ1v) is 8.15. The molecule has 0 unspecified atom stereocenters. The van der Waals surface area contributed by atoms with E-state index in [1.165, 1.54) is 0 Å². The fourth-order valence-electron chi connectivity index (χ4n) is 3.25. The molecule has 0 heterocycles. The predicted octanol–water partition coefficient (Wildman–Crippen LogP) is 2.84. The summed E-state index contributed by atoms with van der Waals surface area (Å²) in [6.45, 7) is 1.95. The maximum absolute atomic E-state index is 12.5. The highest BCUT2D eigenvalue weighted by atomic mass is 16.5. The van der Waals surface area contributed by atoms with Crippen molar-refractivity contribution in [2.24, 2.45) is 0 Å². The topological polar surface area (TPSA) is 75.6 Å². The zero-order chi connectivity index (χ0) is 16.9. The Kier molecular flexibility index (Phi) is 5.64. The lowest BCUT2D eigenvalue weighted by Gasteiger charge is -2.29. The zero-order valence-corrected chi connectivity index (χ0v) is 13.9. The first-order chi connectivity index (χ1) is 11.0. The summed E-state index contributed by atoms with van der Waals surface area (Å²) in [7, 11) is 1.57. The van der Waals surface area contributed by atoms with Crippen LogP contribution < -0.4 is 10.1 Å². The Bertz CT molecular complexity index is 574. The lowest BCUT2D eigenvalue weighted by Crippen LogP contribution is -2.54. The molecule has 0 atom stereocenters. The number of methoxy groups -OCH3 is 1. The zero-order valence-electron chi connectivity index (χ0n) is 13.9. The fraction of sp³-hybridized carbons (Fsp3) is 0.556. The third-order valence-electron chi connectivity index (χ3n) is 4.53. The van der Waals surface area contributed by atoms with Gasteiger partial charge in [-0.05, 0) is 25.8 Å². The van der Waals surface area contributed by atoms with Crippen molar-refractivity contribution in [3.63, 3.8) is 0 Å². The number of aryl methyl sites for hydroxylation is 1. The van der Waals surface area contributed by atoms with E-state index in [4.69, 9.17) is 4.74 Å². The van der Waals surface area contributed by atoms with E-state index in [-0.39, 0.29) is 12.3 Å². The molecule has 2 N–H and O–H groups in total. The molecule has 0 saturated heterocycles. The van der Waals surface area contributed by atoms with Crippen LogP contribution in [0.2, 0.25) is 0 Å². The number of carbonyl (C=O) groups excluding carboxylic acids is 1. The average Bonchev–Trinajstić information content (AvgIpc) is 2.74. The smallest absolute Gasteiger partial charge is 0.329 e. The molecule has 1 aliphatic rings. The Labute approximate surface area is 137 Å². The van der Waals surface area contributed by atoms with Gasteiger partial charge in [0, 0.05) is 5.56 Å². The number of hydrogen-bond donors (Lipinski definition) is 2. The Morgan fingerprint density at radius 1 is 1.22 bits per heavy atom. The van der Waals surface area contributed by atoms with Crippen LogP contribution in [0.4, 0.5) is 0 Å². The monoisotopic (exact) mass is 319 g/mol. The fourth-order valence-corrected chi connectivity index (χ4v) is 3.25. The van der Waals surface area contributed by atoms with Crippen molar-refractivity contribution >= 4 is 11.9 Å². The first-order valence-electron chi connectivity index (χ1n) is 8.15. The summed E-state index contributed by atoms with van der Waals surface area (Å²) in [5, 5.41) is 12.4. The SMILES string of the molecule is COc1ccc(C)cc1CC(=O)NC1(C(=O)O)CCCCCC1. The van der Waals surface area contributed by atoms with E-state index in [1.54, 1.807) is 7.11 Å². The lowest BCUT2D eigenvalue weighted by atomic mass is 9.90. The van der Waals surface area contributed by atoms with E-state index < -0.39 is 11.5 Å². The minimum atomic E-state index is -1.12. The number of nitrogens with one attached hydrogen (secondary N) is 1. The Morgan fingerprint density at radius 3 is 2.43 bits per heavy atom. The molecule has 1 fully saturated rings. The van der Waals surface area contributed by atoms with E-state index in [0.717, 1.165) is 36.8 Å². The molecule has 126 valence electrons. The third-order valence-corrected chi connectivity index (χ3v) is 4.53. The minimum Gasteiger partial charge on any atom is -0.496 e. The second-order valence-electron chi connectivity index (χ2n) is 6.34.